The molecule has 0 saturated carbocycles. The zero-order chi connectivity index (χ0) is 22.0. The maximum absolute atomic E-state index is 12.7. The summed E-state index contributed by atoms with van der Waals surface area (Å²) in [4.78, 5) is 20.7. The van der Waals surface area contributed by atoms with Crippen molar-refractivity contribution >= 4 is 0 Å². The van der Waals surface area contributed by atoms with Crippen LogP contribution in [0.1, 0.15) is 17.0 Å². The molecule has 4 aromatic heterocycles. The van der Waals surface area contributed by atoms with Crippen molar-refractivity contribution < 1.29 is 18.0 Å². The number of nitrogens with zero attached hydrogens (tertiary/aromatic N) is 5. The van der Waals surface area contributed by atoms with E-state index in [9.17, 15) is 13.6 Å². The second-order valence-electron chi connectivity index (χ2n) is 6.76. The van der Waals surface area contributed by atoms with Gasteiger partial charge in [0.25, 0.3) is 5.56 Å². The third kappa shape index (κ3) is 4.47. The predicted octanol–water partition coefficient (Wildman–Crippen LogP) is 3.62. The van der Waals surface area contributed by atoms with Crippen molar-refractivity contribution in [1.29, 1.82) is 0 Å². The van der Waals surface area contributed by atoms with Crippen LogP contribution in [0.4, 0.5) is 8.78 Å². The molecular formula is C21H17F2N5O3. The molecule has 0 radical (unpaired) electrons. The summed E-state index contributed by atoms with van der Waals surface area (Å²) >= 11 is 0. The molecule has 0 atom stereocenters. The first-order valence-electron chi connectivity index (χ1n) is 9.27. The predicted molar refractivity (Wildman–Crippen MR) is 107 cm³/mol. The van der Waals surface area contributed by atoms with Crippen LogP contribution in [-0.4, -0.2) is 31.5 Å². The van der Waals surface area contributed by atoms with Crippen LogP contribution in [0.3, 0.4) is 0 Å². The lowest BCUT2D eigenvalue weighted by Gasteiger charge is -2.08. The summed E-state index contributed by atoms with van der Waals surface area (Å²) in [5, 5.41) is 8.32. The quantitative estimate of drug-likeness (QED) is 0.465. The summed E-state index contributed by atoms with van der Waals surface area (Å²) < 4.78 is 35.7. The lowest BCUT2D eigenvalue weighted by Crippen LogP contribution is -2.23. The van der Waals surface area contributed by atoms with Crippen LogP contribution in [-0.2, 0) is 6.54 Å². The number of hydrogen-bond acceptors (Lipinski definition) is 7. The van der Waals surface area contributed by atoms with Crippen LogP contribution < -0.4 is 10.3 Å². The first-order chi connectivity index (χ1) is 14.9. The summed E-state index contributed by atoms with van der Waals surface area (Å²) in [5.41, 5.74) is 3.50. The molecule has 4 heterocycles. The fourth-order valence-electron chi connectivity index (χ4n) is 3.02. The van der Waals surface area contributed by atoms with Crippen molar-refractivity contribution in [2.24, 2.45) is 0 Å². The molecule has 158 valence electrons. The molecular weight excluding hydrogens is 408 g/mol. The Kier molecular flexibility index (Phi) is 5.52. The van der Waals surface area contributed by atoms with Gasteiger partial charge in [-0.25, -0.2) is 9.67 Å². The van der Waals surface area contributed by atoms with Crippen LogP contribution >= 0.6 is 0 Å². The van der Waals surface area contributed by atoms with Gasteiger partial charge in [0.15, 0.2) is 0 Å². The normalized spacial score (nSPS) is 11.1. The molecule has 10 heteroatoms. The van der Waals surface area contributed by atoms with E-state index in [2.05, 4.69) is 25.0 Å². The summed E-state index contributed by atoms with van der Waals surface area (Å²) in [5.74, 6) is 0.324. The topological polar surface area (TPSA) is 95.9 Å². The average molecular weight is 425 g/mol. The highest BCUT2D eigenvalue weighted by Gasteiger charge is 2.17. The van der Waals surface area contributed by atoms with Gasteiger partial charge in [0.05, 0.1) is 12.7 Å². The Morgan fingerprint density at radius 3 is 2.61 bits per heavy atom. The second kappa shape index (κ2) is 8.42. The summed E-state index contributed by atoms with van der Waals surface area (Å²) in [6, 6.07) is 8.00. The van der Waals surface area contributed by atoms with Crippen LogP contribution in [0.25, 0.3) is 22.4 Å². The smallest absolute Gasteiger partial charge is 0.388 e. The number of pyridine rings is 2. The molecule has 0 aliphatic carbocycles. The first-order valence-corrected chi connectivity index (χ1v) is 9.27. The van der Waals surface area contributed by atoms with E-state index in [0.717, 1.165) is 11.3 Å². The van der Waals surface area contributed by atoms with Gasteiger partial charge >= 0.3 is 6.61 Å². The minimum absolute atomic E-state index is 0.147. The average Bonchev–Trinajstić information content (AvgIpc) is 3.10. The molecule has 0 amide bonds. The summed E-state index contributed by atoms with van der Waals surface area (Å²) in [6.45, 7) is 0.802. The Morgan fingerprint density at radius 1 is 1.06 bits per heavy atom. The summed E-state index contributed by atoms with van der Waals surface area (Å²) in [6.07, 6.45) is 4.48. The number of aromatic nitrogens is 5. The maximum atomic E-state index is 12.7. The van der Waals surface area contributed by atoms with E-state index in [1.165, 1.54) is 29.2 Å². The van der Waals surface area contributed by atoms with E-state index in [0.29, 0.717) is 28.1 Å². The Morgan fingerprint density at radius 2 is 1.90 bits per heavy atom. The molecule has 0 unspecified atom stereocenters. The van der Waals surface area contributed by atoms with Crippen molar-refractivity contribution in [3.8, 4) is 28.3 Å². The fraction of sp³-hybridized carbons (Fsp3) is 0.190. The zero-order valence-corrected chi connectivity index (χ0v) is 16.6. The van der Waals surface area contributed by atoms with Gasteiger partial charge in [-0.3, -0.25) is 9.78 Å². The van der Waals surface area contributed by atoms with E-state index in [1.54, 1.807) is 19.2 Å². The van der Waals surface area contributed by atoms with Gasteiger partial charge in [-0.15, -0.1) is 0 Å². The van der Waals surface area contributed by atoms with Crippen LogP contribution in [0.5, 0.6) is 5.88 Å². The van der Waals surface area contributed by atoms with Crippen molar-refractivity contribution in [3.63, 3.8) is 0 Å². The maximum Gasteiger partial charge on any atom is 0.388 e. The molecule has 0 fully saturated rings. The van der Waals surface area contributed by atoms with Crippen LogP contribution in [0.15, 0.2) is 58.2 Å². The molecule has 0 aliphatic rings. The molecule has 8 nitrogen and oxygen atoms in total. The lowest BCUT2D eigenvalue weighted by atomic mass is 10.1. The molecule has 0 aromatic carbocycles. The van der Waals surface area contributed by atoms with Crippen LogP contribution in [0.2, 0.25) is 0 Å². The SMILES string of the molecule is Cc1ccc(-c2noc(C)c2Cn2ncc(-c3ccnc(OC(F)F)c3)cc2=O)cn1. The molecule has 0 saturated heterocycles. The van der Waals surface area contributed by atoms with Gasteiger partial charge in [-0.2, -0.15) is 13.9 Å². The summed E-state index contributed by atoms with van der Waals surface area (Å²) in [7, 11) is 0. The van der Waals surface area contributed by atoms with Crippen molar-refractivity contribution in [1.82, 2.24) is 24.9 Å². The highest BCUT2D eigenvalue weighted by Crippen LogP contribution is 2.26. The van der Waals surface area contributed by atoms with Gasteiger partial charge in [0.2, 0.25) is 5.88 Å². The Bertz CT molecular complexity index is 1270. The highest BCUT2D eigenvalue weighted by atomic mass is 19.3. The van der Waals surface area contributed by atoms with E-state index in [-0.39, 0.29) is 18.0 Å². The number of halogens is 2. The minimum atomic E-state index is -2.99. The molecule has 4 rings (SSSR count). The lowest BCUT2D eigenvalue weighted by molar-refractivity contribution is -0.0528. The van der Waals surface area contributed by atoms with Gasteiger partial charge in [0, 0.05) is 46.9 Å². The highest BCUT2D eigenvalue weighted by molar-refractivity contribution is 5.63. The third-order valence-corrected chi connectivity index (χ3v) is 4.62. The molecule has 31 heavy (non-hydrogen) atoms. The monoisotopic (exact) mass is 425 g/mol. The van der Waals surface area contributed by atoms with Gasteiger partial charge < -0.3 is 9.26 Å². The first kappa shape index (κ1) is 20.3. The standard InChI is InChI=1S/C21H17F2N5O3/c1-12-3-4-15(9-25-12)20-17(13(2)31-27-20)11-28-19(29)8-16(10-26-28)14-5-6-24-18(7-14)30-21(22)23/h3-10,21H,11H2,1-2H3. The van der Waals surface area contributed by atoms with Crippen LogP contribution in [0, 0.1) is 13.8 Å². The molecule has 0 N–H and O–H groups in total. The number of aryl methyl sites for hydroxylation is 2. The van der Waals surface area contributed by atoms with E-state index in [1.807, 2.05) is 19.1 Å². The Labute approximate surface area is 175 Å². The minimum Gasteiger partial charge on any atom is -0.417 e. The second-order valence-corrected chi connectivity index (χ2v) is 6.76. The van der Waals surface area contributed by atoms with Crippen molar-refractivity contribution in [3.05, 3.63) is 76.3 Å². The third-order valence-electron chi connectivity index (χ3n) is 4.62. The molecule has 4 aromatic rings. The molecule has 0 aliphatic heterocycles. The van der Waals surface area contributed by atoms with Crippen molar-refractivity contribution in [2.45, 2.75) is 27.0 Å². The van der Waals surface area contributed by atoms with Gasteiger partial charge in [0.1, 0.15) is 11.5 Å². The van der Waals surface area contributed by atoms with Gasteiger partial charge in [-0.05, 0) is 37.6 Å². The van der Waals surface area contributed by atoms with E-state index < -0.39 is 6.61 Å². The Balaban J connectivity index is 1.63. The largest absolute Gasteiger partial charge is 0.417 e. The number of hydrogen-bond donors (Lipinski definition) is 0. The van der Waals surface area contributed by atoms with E-state index in [4.69, 9.17) is 4.52 Å². The number of rotatable bonds is 6. The fourth-order valence-corrected chi connectivity index (χ4v) is 3.02. The van der Waals surface area contributed by atoms with Gasteiger partial charge in [-0.1, -0.05) is 5.16 Å². The molecule has 0 spiro atoms. The molecule has 0 bridgehead atoms. The van der Waals surface area contributed by atoms with E-state index >= 15 is 0 Å². The number of ether oxygens (including phenoxy) is 1. The van der Waals surface area contributed by atoms with Crippen molar-refractivity contribution in [2.75, 3.05) is 0 Å². The zero-order valence-electron chi connectivity index (χ0n) is 16.6. The number of alkyl halides is 2. The Hall–Kier alpha value is -3.95.